The number of anilines is 1. The molecule has 0 saturated heterocycles. The monoisotopic (exact) mass is 247 g/mol. The number of aliphatic hydroxyl groups is 1. The van der Waals surface area contributed by atoms with Gasteiger partial charge in [-0.1, -0.05) is 6.07 Å². The lowest BCUT2D eigenvalue weighted by atomic mass is 9.79. The Kier molecular flexibility index (Phi) is 2.50. The van der Waals surface area contributed by atoms with Crippen molar-refractivity contribution in [2.45, 2.75) is 31.0 Å². The highest BCUT2D eigenvalue weighted by Gasteiger charge is 2.54. The molecule has 1 aliphatic carbocycles. The fraction of sp³-hybridized carbons (Fsp3) is 0.455. The predicted molar refractivity (Wildman–Crippen MR) is 55.5 cm³/mol. The maximum Gasteiger partial charge on any atom is 0.417 e. The number of rotatable bonds is 0. The van der Waals surface area contributed by atoms with Crippen molar-refractivity contribution >= 4 is 5.69 Å². The molecule has 94 valence electrons. The summed E-state index contributed by atoms with van der Waals surface area (Å²) in [4.78, 5) is 0. The number of phenols is 1. The van der Waals surface area contributed by atoms with Crippen molar-refractivity contribution in [3.63, 3.8) is 0 Å². The zero-order valence-corrected chi connectivity index (χ0v) is 8.88. The highest BCUT2D eigenvalue weighted by molar-refractivity contribution is 5.59. The van der Waals surface area contributed by atoms with Gasteiger partial charge < -0.3 is 15.9 Å². The number of halogens is 3. The Bertz CT molecular complexity index is 459. The van der Waals surface area contributed by atoms with E-state index in [2.05, 4.69) is 0 Å². The summed E-state index contributed by atoms with van der Waals surface area (Å²) >= 11 is 0. The summed E-state index contributed by atoms with van der Waals surface area (Å²) in [6, 6.07) is 2.76. The lowest BCUT2D eigenvalue weighted by Crippen LogP contribution is -2.49. The highest BCUT2D eigenvalue weighted by Crippen LogP contribution is 2.43. The van der Waals surface area contributed by atoms with Gasteiger partial charge in [0.2, 0.25) is 0 Å². The number of alkyl halides is 3. The Labute approximate surface area is 95.7 Å². The maximum atomic E-state index is 12.7. The van der Waals surface area contributed by atoms with Gasteiger partial charge in [-0.15, -0.1) is 0 Å². The van der Waals surface area contributed by atoms with Gasteiger partial charge in [0.15, 0.2) is 5.60 Å². The Hall–Kier alpha value is -1.43. The van der Waals surface area contributed by atoms with E-state index in [-0.39, 0.29) is 17.9 Å². The molecule has 0 saturated carbocycles. The lowest BCUT2D eigenvalue weighted by Gasteiger charge is -2.35. The average Bonchev–Trinajstić information content (AvgIpc) is 2.22. The van der Waals surface area contributed by atoms with Crippen molar-refractivity contribution in [3.05, 3.63) is 23.3 Å². The molecular weight excluding hydrogens is 235 g/mol. The summed E-state index contributed by atoms with van der Waals surface area (Å²) < 4.78 is 38.0. The number of hydrogen-bond donors (Lipinski definition) is 3. The number of hydrogen-bond acceptors (Lipinski definition) is 3. The lowest BCUT2D eigenvalue weighted by molar-refractivity contribution is -0.263. The minimum Gasteiger partial charge on any atom is -0.505 e. The van der Waals surface area contributed by atoms with Crippen molar-refractivity contribution in [2.75, 3.05) is 5.73 Å². The van der Waals surface area contributed by atoms with E-state index >= 15 is 0 Å². The number of aromatic hydroxyl groups is 1. The summed E-state index contributed by atoms with van der Waals surface area (Å²) in [5, 5.41) is 19.2. The molecule has 6 heteroatoms. The molecule has 0 amide bonds. The molecule has 17 heavy (non-hydrogen) atoms. The molecule has 0 aromatic heterocycles. The first-order chi connectivity index (χ1) is 7.74. The molecule has 3 nitrogen and oxygen atoms in total. The smallest absolute Gasteiger partial charge is 0.417 e. The van der Waals surface area contributed by atoms with E-state index in [1.165, 1.54) is 12.1 Å². The van der Waals surface area contributed by atoms with E-state index in [0.717, 1.165) is 0 Å². The number of benzene rings is 1. The summed E-state index contributed by atoms with van der Waals surface area (Å²) in [7, 11) is 0. The van der Waals surface area contributed by atoms with Gasteiger partial charge in [0.25, 0.3) is 0 Å². The van der Waals surface area contributed by atoms with Crippen molar-refractivity contribution in [2.24, 2.45) is 0 Å². The van der Waals surface area contributed by atoms with Gasteiger partial charge in [-0.2, -0.15) is 13.2 Å². The van der Waals surface area contributed by atoms with Crippen LogP contribution in [0.2, 0.25) is 0 Å². The second-order valence-corrected chi connectivity index (χ2v) is 4.35. The van der Waals surface area contributed by atoms with E-state index in [0.29, 0.717) is 11.1 Å². The molecule has 4 N–H and O–H groups in total. The molecule has 0 fully saturated rings. The zero-order chi connectivity index (χ0) is 12.8. The molecular formula is C11H12F3NO2. The minimum absolute atomic E-state index is 0.0395. The van der Waals surface area contributed by atoms with Crippen LogP contribution in [0.3, 0.4) is 0 Å². The van der Waals surface area contributed by atoms with Crippen LogP contribution in [-0.4, -0.2) is 22.0 Å². The Balaban J connectivity index is 2.42. The SMILES string of the molecule is Nc1ccc2c(c1O)CCC(O)(C(F)(F)F)C2. The largest absolute Gasteiger partial charge is 0.505 e. The molecule has 0 heterocycles. The first kappa shape index (κ1) is 12.0. The zero-order valence-electron chi connectivity index (χ0n) is 8.88. The third kappa shape index (κ3) is 1.82. The van der Waals surface area contributed by atoms with Gasteiger partial charge >= 0.3 is 6.18 Å². The fourth-order valence-corrected chi connectivity index (χ4v) is 2.12. The van der Waals surface area contributed by atoms with Gasteiger partial charge in [0.05, 0.1) is 5.69 Å². The molecule has 1 atom stereocenters. The fourth-order valence-electron chi connectivity index (χ4n) is 2.12. The van der Waals surface area contributed by atoms with E-state index in [1.807, 2.05) is 0 Å². The van der Waals surface area contributed by atoms with Gasteiger partial charge in [0.1, 0.15) is 5.75 Å². The van der Waals surface area contributed by atoms with Gasteiger partial charge in [0, 0.05) is 6.42 Å². The van der Waals surface area contributed by atoms with Crippen LogP contribution in [0.5, 0.6) is 5.75 Å². The van der Waals surface area contributed by atoms with Crippen LogP contribution in [0.1, 0.15) is 17.5 Å². The van der Waals surface area contributed by atoms with Crippen LogP contribution in [0, 0.1) is 0 Å². The third-order valence-electron chi connectivity index (χ3n) is 3.21. The number of nitrogen functional groups attached to an aromatic ring is 1. The summed E-state index contributed by atoms with van der Waals surface area (Å²) in [5.74, 6) is -0.174. The van der Waals surface area contributed by atoms with Gasteiger partial charge in [-0.25, -0.2) is 0 Å². The quantitative estimate of drug-likeness (QED) is 0.483. The van der Waals surface area contributed by atoms with Crippen LogP contribution < -0.4 is 5.73 Å². The standard InChI is InChI=1S/C11H12F3NO2/c12-11(13,14)10(17)4-3-7-6(5-10)1-2-8(15)9(7)16/h1-2,16-17H,3-5,15H2. The van der Waals surface area contributed by atoms with E-state index in [9.17, 15) is 23.4 Å². The van der Waals surface area contributed by atoms with Crippen LogP contribution in [0.25, 0.3) is 0 Å². The number of fused-ring (bicyclic) bond motifs is 1. The normalized spacial score (nSPS) is 24.5. The topological polar surface area (TPSA) is 66.5 Å². The molecule has 1 unspecified atom stereocenters. The van der Waals surface area contributed by atoms with Gasteiger partial charge in [-0.3, -0.25) is 0 Å². The number of phenolic OH excluding ortho intramolecular Hbond substituents is 1. The van der Waals surface area contributed by atoms with Crippen LogP contribution in [-0.2, 0) is 12.8 Å². The van der Waals surface area contributed by atoms with Crippen molar-refractivity contribution in [1.82, 2.24) is 0 Å². The van der Waals surface area contributed by atoms with Crippen molar-refractivity contribution in [3.8, 4) is 5.75 Å². The Morgan fingerprint density at radius 3 is 2.53 bits per heavy atom. The molecule has 0 spiro atoms. The maximum absolute atomic E-state index is 12.7. The van der Waals surface area contributed by atoms with Crippen molar-refractivity contribution in [1.29, 1.82) is 0 Å². The van der Waals surface area contributed by atoms with Crippen LogP contribution in [0.15, 0.2) is 12.1 Å². The average molecular weight is 247 g/mol. The first-order valence-electron chi connectivity index (χ1n) is 5.13. The van der Waals surface area contributed by atoms with Crippen molar-refractivity contribution < 1.29 is 23.4 Å². The first-order valence-corrected chi connectivity index (χ1v) is 5.13. The summed E-state index contributed by atoms with van der Waals surface area (Å²) in [5.41, 5.74) is 3.59. The van der Waals surface area contributed by atoms with E-state index in [1.54, 1.807) is 0 Å². The van der Waals surface area contributed by atoms with Crippen LogP contribution >= 0.6 is 0 Å². The van der Waals surface area contributed by atoms with Crippen LogP contribution in [0.4, 0.5) is 18.9 Å². The predicted octanol–water partition coefficient (Wildman–Crippen LogP) is 1.76. The Morgan fingerprint density at radius 2 is 1.94 bits per heavy atom. The third-order valence-corrected chi connectivity index (χ3v) is 3.21. The molecule has 0 bridgehead atoms. The van der Waals surface area contributed by atoms with Gasteiger partial charge in [-0.05, 0) is 30.0 Å². The second-order valence-electron chi connectivity index (χ2n) is 4.35. The molecule has 0 radical (unpaired) electrons. The summed E-state index contributed by atoms with van der Waals surface area (Å²) in [6.07, 6.45) is -5.70. The molecule has 0 aliphatic heterocycles. The minimum atomic E-state index is -4.66. The van der Waals surface area contributed by atoms with E-state index in [4.69, 9.17) is 5.73 Å². The number of nitrogens with two attached hydrogens (primary N) is 1. The highest BCUT2D eigenvalue weighted by atomic mass is 19.4. The van der Waals surface area contributed by atoms with E-state index < -0.39 is 24.6 Å². The molecule has 2 rings (SSSR count). The molecule has 1 aromatic rings. The molecule has 1 aromatic carbocycles. The Morgan fingerprint density at radius 1 is 1.29 bits per heavy atom. The second kappa shape index (κ2) is 3.53. The summed E-state index contributed by atoms with van der Waals surface area (Å²) in [6.45, 7) is 0. The molecule has 1 aliphatic rings.